The summed E-state index contributed by atoms with van der Waals surface area (Å²) in [6, 6.07) is 8.74. The monoisotopic (exact) mass is 515 g/mol. The number of amides is 2. The van der Waals surface area contributed by atoms with Gasteiger partial charge in [-0.05, 0) is 55.5 Å². The summed E-state index contributed by atoms with van der Waals surface area (Å²) >= 11 is 0. The van der Waals surface area contributed by atoms with E-state index in [1.807, 2.05) is 4.72 Å². The van der Waals surface area contributed by atoms with E-state index < -0.39 is 21.9 Å². The normalized spacial score (nSPS) is 14.1. The number of hydrogen-bond acceptors (Lipinski definition) is 7. The lowest BCUT2D eigenvalue weighted by atomic mass is 9.86. The summed E-state index contributed by atoms with van der Waals surface area (Å²) in [7, 11) is -4.10. The van der Waals surface area contributed by atoms with E-state index in [0.29, 0.717) is 25.3 Å². The van der Waals surface area contributed by atoms with Crippen LogP contribution in [0.5, 0.6) is 0 Å². The van der Waals surface area contributed by atoms with Gasteiger partial charge in [-0.1, -0.05) is 44.2 Å². The molecule has 1 aliphatic carbocycles. The van der Waals surface area contributed by atoms with Crippen LogP contribution in [0.1, 0.15) is 78.3 Å². The van der Waals surface area contributed by atoms with Crippen molar-refractivity contribution in [3.05, 3.63) is 59.4 Å². The van der Waals surface area contributed by atoms with E-state index in [1.54, 1.807) is 19.1 Å². The summed E-state index contributed by atoms with van der Waals surface area (Å²) in [5, 5.41) is 2.93. The molecule has 194 valence electrons. The highest BCUT2D eigenvalue weighted by molar-refractivity contribution is 7.90. The molecule has 9 nitrogen and oxygen atoms in total. The maximum atomic E-state index is 12.6. The number of carbonyl (C=O) groups excluding carboxylic acids is 3. The molecule has 0 saturated heterocycles. The molecule has 1 fully saturated rings. The molecule has 2 N–H and O–H groups in total. The van der Waals surface area contributed by atoms with Crippen LogP contribution in [0.4, 0.5) is 0 Å². The van der Waals surface area contributed by atoms with Crippen LogP contribution >= 0.6 is 0 Å². The van der Waals surface area contributed by atoms with E-state index in [1.165, 1.54) is 56.4 Å². The second-order valence-corrected chi connectivity index (χ2v) is 10.6. The van der Waals surface area contributed by atoms with Crippen LogP contribution in [0.25, 0.3) is 0 Å². The van der Waals surface area contributed by atoms with Crippen LogP contribution < -0.4 is 10.0 Å². The van der Waals surface area contributed by atoms with Gasteiger partial charge in [-0.3, -0.25) is 9.59 Å². The minimum Gasteiger partial charge on any atom is -0.461 e. The molecule has 0 atom stereocenters. The fourth-order valence-corrected chi connectivity index (χ4v) is 5.15. The molecule has 0 radical (unpaired) electrons. The molecule has 0 unspecified atom stereocenters. The average Bonchev–Trinajstić information content (AvgIpc) is 2.88. The van der Waals surface area contributed by atoms with E-state index in [9.17, 15) is 22.8 Å². The van der Waals surface area contributed by atoms with Crippen molar-refractivity contribution in [1.29, 1.82) is 0 Å². The summed E-state index contributed by atoms with van der Waals surface area (Å²) in [6.07, 6.45) is 9.46. The number of rotatable bonds is 11. The number of nitrogens with zero attached hydrogens (tertiary/aromatic N) is 1. The summed E-state index contributed by atoms with van der Waals surface area (Å²) in [5.41, 5.74) is 0.876. The number of esters is 1. The number of benzene rings is 1. The second-order valence-electron chi connectivity index (χ2n) is 8.87. The van der Waals surface area contributed by atoms with Crippen LogP contribution in [0.2, 0.25) is 0 Å². The van der Waals surface area contributed by atoms with Crippen molar-refractivity contribution in [2.75, 3.05) is 13.2 Å². The maximum Gasteiger partial charge on any atom is 0.356 e. The number of sulfonamides is 1. The molecule has 10 heteroatoms. The zero-order chi connectivity index (χ0) is 26.0. The fourth-order valence-electron chi connectivity index (χ4n) is 4.17. The summed E-state index contributed by atoms with van der Waals surface area (Å²) in [6.45, 7) is 2.32. The number of aromatic nitrogens is 1. The topological polar surface area (TPSA) is 132 Å². The number of carbonyl (C=O) groups is 3. The van der Waals surface area contributed by atoms with Gasteiger partial charge in [0.2, 0.25) is 5.91 Å². The van der Waals surface area contributed by atoms with Crippen LogP contribution in [-0.4, -0.2) is 44.3 Å². The van der Waals surface area contributed by atoms with Crippen molar-refractivity contribution in [2.24, 2.45) is 5.92 Å². The van der Waals surface area contributed by atoms with Gasteiger partial charge in [-0.2, -0.15) is 0 Å². The van der Waals surface area contributed by atoms with Gasteiger partial charge in [0.15, 0.2) is 0 Å². The Kier molecular flexibility index (Phi) is 9.98. The molecule has 0 spiro atoms. The zero-order valence-corrected chi connectivity index (χ0v) is 21.3. The number of nitrogens with one attached hydrogen (secondary N) is 2. The van der Waals surface area contributed by atoms with Crippen LogP contribution in [-0.2, 0) is 26.0 Å². The van der Waals surface area contributed by atoms with Gasteiger partial charge in [0.25, 0.3) is 15.9 Å². The van der Waals surface area contributed by atoms with E-state index in [0.717, 1.165) is 18.2 Å². The Morgan fingerprint density at radius 1 is 1.03 bits per heavy atom. The Morgan fingerprint density at radius 3 is 2.39 bits per heavy atom. The predicted octanol–water partition coefficient (Wildman–Crippen LogP) is 3.40. The van der Waals surface area contributed by atoms with Crippen LogP contribution in [0.15, 0.2) is 47.5 Å². The lowest BCUT2D eigenvalue weighted by molar-refractivity contribution is -0.121. The van der Waals surface area contributed by atoms with Crippen molar-refractivity contribution >= 4 is 27.8 Å². The highest BCUT2D eigenvalue weighted by Crippen LogP contribution is 2.27. The van der Waals surface area contributed by atoms with Crippen LogP contribution in [0.3, 0.4) is 0 Å². The van der Waals surface area contributed by atoms with Gasteiger partial charge in [-0.25, -0.2) is 22.9 Å². The molecule has 2 aromatic rings. The Hall–Kier alpha value is -3.27. The Bertz CT molecular complexity index is 1140. The van der Waals surface area contributed by atoms with E-state index in [4.69, 9.17) is 4.74 Å². The van der Waals surface area contributed by atoms with E-state index in [-0.39, 0.29) is 28.7 Å². The van der Waals surface area contributed by atoms with Crippen molar-refractivity contribution in [2.45, 2.75) is 63.2 Å². The highest BCUT2D eigenvalue weighted by atomic mass is 32.2. The van der Waals surface area contributed by atoms with Crippen LogP contribution in [0, 0.1) is 5.92 Å². The zero-order valence-electron chi connectivity index (χ0n) is 20.5. The molecule has 1 aliphatic rings. The predicted molar refractivity (Wildman–Crippen MR) is 134 cm³/mol. The van der Waals surface area contributed by atoms with Gasteiger partial charge in [0.05, 0.1) is 17.1 Å². The van der Waals surface area contributed by atoms with Gasteiger partial charge in [0.1, 0.15) is 5.69 Å². The molecule has 3 rings (SSSR count). The minimum absolute atomic E-state index is 0.0116. The third-order valence-corrected chi connectivity index (χ3v) is 7.56. The Labute approximate surface area is 212 Å². The molecule has 36 heavy (non-hydrogen) atoms. The first kappa shape index (κ1) is 27.3. The van der Waals surface area contributed by atoms with E-state index in [2.05, 4.69) is 10.3 Å². The molecular weight excluding hydrogens is 482 g/mol. The third kappa shape index (κ3) is 8.15. The van der Waals surface area contributed by atoms with Crippen molar-refractivity contribution < 1.29 is 27.5 Å². The largest absolute Gasteiger partial charge is 0.461 e. The van der Waals surface area contributed by atoms with Gasteiger partial charge >= 0.3 is 5.97 Å². The fraction of sp³-hybridized carbons (Fsp3) is 0.462. The third-order valence-electron chi connectivity index (χ3n) is 6.21. The lowest BCUT2D eigenvalue weighted by Gasteiger charge is -2.20. The lowest BCUT2D eigenvalue weighted by Crippen LogP contribution is -2.30. The standard InChI is InChI=1S/C26H33N3O6S/c1-2-35-26(32)23-14-11-21(18-28-23)25(31)29-36(33,34)22-12-8-20(9-13-22)16-17-27-24(30)15-10-19-6-4-3-5-7-19/h8-9,11-14,18-19H,2-7,10,15-17H2,1H3,(H,27,30)(H,29,31). The smallest absolute Gasteiger partial charge is 0.356 e. The Balaban J connectivity index is 1.46. The first-order valence-electron chi connectivity index (χ1n) is 12.3. The number of ether oxygens (including phenoxy) is 1. The summed E-state index contributed by atoms with van der Waals surface area (Å²) in [4.78, 5) is 39.9. The number of pyridine rings is 1. The molecule has 2 amide bonds. The van der Waals surface area contributed by atoms with Crippen molar-refractivity contribution in [3.8, 4) is 0 Å². The van der Waals surface area contributed by atoms with E-state index >= 15 is 0 Å². The SMILES string of the molecule is CCOC(=O)c1ccc(C(=O)NS(=O)(=O)c2ccc(CCNC(=O)CCC3CCCCC3)cc2)cn1. The van der Waals surface area contributed by atoms with Crippen molar-refractivity contribution in [1.82, 2.24) is 15.0 Å². The molecule has 0 bridgehead atoms. The summed E-state index contributed by atoms with van der Waals surface area (Å²) in [5.74, 6) is -0.777. The minimum atomic E-state index is -4.10. The Morgan fingerprint density at radius 2 is 1.75 bits per heavy atom. The molecular formula is C26H33N3O6S. The number of hydrogen-bond donors (Lipinski definition) is 2. The highest BCUT2D eigenvalue weighted by Gasteiger charge is 2.20. The maximum absolute atomic E-state index is 12.6. The van der Waals surface area contributed by atoms with Crippen molar-refractivity contribution in [3.63, 3.8) is 0 Å². The quantitative estimate of drug-likeness (QED) is 0.439. The summed E-state index contributed by atoms with van der Waals surface area (Å²) < 4.78 is 32.0. The first-order valence-corrected chi connectivity index (χ1v) is 13.8. The molecule has 1 saturated carbocycles. The van der Waals surface area contributed by atoms with Gasteiger partial charge in [-0.15, -0.1) is 0 Å². The van der Waals surface area contributed by atoms with Gasteiger partial charge in [0, 0.05) is 19.2 Å². The van der Waals surface area contributed by atoms with Gasteiger partial charge < -0.3 is 10.1 Å². The molecule has 1 heterocycles. The molecule has 1 aromatic carbocycles. The molecule has 1 aromatic heterocycles. The first-order chi connectivity index (χ1) is 17.3. The molecule has 0 aliphatic heterocycles. The average molecular weight is 516 g/mol. The second kappa shape index (κ2) is 13.2.